The Labute approximate surface area is 169 Å². The number of rotatable bonds is 5. The Morgan fingerprint density at radius 1 is 1.04 bits per heavy atom. The van der Waals surface area contributed by atoms with E-state index in [1.165, 1.54) is 0 Å². The van der Waals surface area contributed by atoms with Gasteiger partial charge in [-0.1, -0.05) is 71.2 Å². The fourth-order valence-corrected chi connectivity index (χ4v) is 3.04. The van der Waals surface area contributed by atoms with Crippen molar-refractivity contribution in [2.75, 3.05) is 0 Å². The molecule has 3 aromatic carbocycles. The van der Waals surface area contributed by atoms with Gasteiger partial charge < -0.3 is 4.74 Å². The summed E-state index contributed by atoms with van der Waals surface area (Å²) in [7, 11) is 0. The minimum Gasteiger partial charge on any atom is -0.489 e. The summed E-state index contributed by atoms with van der Waals surface area (Å²) in [6.45, 7) is 2.36. The maximum atomic E-state index is 9.51. The Balaban J connectivity index is 1.78. The number of hydrogen-bond acceptors (Lipinski definition) is 2. The van der Waals surface area contributed by atoms with Gasteiger partial charge >= 0.3 is 0 Å². The molecule has 3 rings (SSSR count). The lowest BCUT2D eigenvalue weighted by Gasteiger charge is -2.09. The van der Waals surface area contributed by atoms with E-state index >= 15 is 0 Å². The average molecular weight is 394 g/mol. The molecule has 27 heavy (non-hydrogen) atoms. The molecule has 0 spiro atoms. The van der Waals surface area contributed by atoms with Crippen molar-refractivity contribution in [2.45, 2.75) is 13.5 Å². The lowest BCUT2D eigenvalue weighted by Crippen LogP contribution is -1.96. The molecule has 0 bridgehead atoms. The van der Waals surface area contributed by atoms with Crippen LogP contribution in [0.3, 0.4) is 0 Å². The molecule has 0 amide bonds. The van der Waals surface area contributed by atoms with Gasteiger partial charge in [-0.25, -0.2) is 0 Å². The van der Waals surface area contributed by atoms with Gasteiger partial charge in [0.05, 0.1) is 11.6 Å². The van der Waals surface area contributed by atoms with E-state index in [9.17, 15) is 5.26 Å². The standard InChI is InChI=1S/C23H17Cl2NO/c1-16-5-7-18(8-6-16)20(14-26)11-17-3-2-4-22(12-17)27-15-19-9-10-21(24)13-23(19)25/h2-13H,15H2,1H3/b20-11+. The number of ether oxygens (including phenoxy) is 1. The van der Waals surface area contributed by atoms with Crippen LogP contribution in [0.15, 0.2) is 66.7 Å². The summed E-state index contributed by atoms with van der Waals surface area (Å²) >= 11 is 12.1. The van der Waals surface area contributed by atoms with E-state index in [-0.39, 0.29) is 0 Å². The minimum atomic E-state index is 0.340. The molecule has 2 nitrogen and oxygen atoms in total. The summed E-state index contributed by atoms with van der Waals surface area (Å²) in [6, 6.07) is 23.1. The van der Waals surface area contributed by atoms with Crippen molar-refractivity contribution in [2.24, 2.45) is 0 Å². The van der Waals surface area contributed by atoms with Crippen molar-refractivity contribution in [3.8, 4) is 11.8 Å². The van der Waals surface area contributed by atoms with E-state index in [0.717, 1.165) is 22.3 Å². The van der Waals surface area contributed by atoms with Gasteiger partial charge in [0, 0.05) is 15.6 Å². The molecular weight excluding hydrogens is 377 g/mol. The van der Waals surface area contributed by atoms with Crippen LogP contribution >= 0.6 is 23.2 Å². The lowest BCUT2D eigenvalue weighted by atomic mass is 10.0. The molecular formula is C23H17Cl2NO. The second-order valence-electron chi connectivity index (χ2n) is 6.13. The van der Waals surface area contributed by atoms with Crippen LogP contribution < -0.4 is 4.74 Å². The molecule has 4 heteroatoms. The van der Waals surface area contributed by atoms with Crippen molar-refractivity contribution in [3.05, 3.63) is 99.0 Å². The van der Waals surface area contributed by atoms with Crippen molar-refractivity contribution >= 4 is 34.9 Å². The molecule has 0 aliphatic carbocycles. The maximum Gasteiger partial charge on any atom is 0.120 e. The van der Waals surface area contributed by atoms with E-state index in [0.29, 0.717) is 28.0 Å². The van der Waals surface area contributed by atoms with Crippen molar-refractivity contribution < 1.29 is 4.74 Å². The minimum absolute atomic E-state index is 0.340. The topological polar surface area (TPSA) is 33.0 Å². The zero-order valence-electron chi connectivity index (χ0n) is 14.7. The molecule has 0 aliphatic heterocycles. The molecule has 0 heterocycles. The fourth-order valence-electron chi connectivity index (χ4n) is 2.57. The first-order valence-corrected chi connectivity index (χ1v) is 9.16. The Hall–Kier alpha value is -2.73. The zero-order valence-corrected chi connectivity index (χ0v) is 16.3. The van der Waals surface area contributed by atoms with Gasteiger partial charge in [-0.2, -0.15) is 5.26 Å². The Morgan fingerprint density at radius 2 is 1.81 bits per heavy atom. The Morgan fingerprint density at radius 3 is 2.52 bits per heavy atom. The first kappa shape index (κ1) is 19.0. The molecule has 0 unspecified atom stereocenters. The summed E-state index contributed by atoms with van der Waals surface area (Å²) in [5, 5.41) is 10.7. The number of hydrogen-bond donors (Lipinski definition) is 0. The zero-order chi connectivity index (χ0) is 19.2. The first-order chi connectivity index (χ1) is 13.0. The van der Waals surface area contributed by atoms with E-state index in [2.05, 4.69) is 6.07 Å². The molecule has 3 aromatic rings. The van der Waals surface area contributed by atoms with Crippen molar-refractivity contribution in [3.63, 3.8) is 0 Å². The molecule has 0 aromatic heterocycles. The van der Waals surface area contributed by atoms with Gasteiger partial charge in [-0.05, 0) is 48.4 Å². The Bertz CT molecular complexity index is 1020. The summed E-state index contributed by atoms with van der Waals surface area (Å²) in [5.41, 5.74) is 4.41. The number of aryl methyl sites for hydroxylation is 1. The van der Waals surface area contributed by atoms with Crippen LogP contribution in [0.4, 0.5) is 0 Å². The quantitative estimate of drug-likeness (QED) is 0.347. The number of nitrogens with zero attached hydrogens (tertiary/aromatic N) is 1. The smallest absolute Gasteiger partial charge is 0.120 e. The van der Waals surface area contributed by atoms with Gasteiger partial charge in [0.25, 0.3) is 0 Å². The normalized spacial score (nSPS) is 11.1. The van der Waals surface area contributed by atoms with Crippen molar-refractivity contribution in [1.29, 1.82) is 5.26 Å². The molecule has 0 radical (unpaired) electrons. The van der Waals surface area contributed by atoms with Crippen LogP contribution in [0.25, 0.3) is 11.6 Å². The predicted molar refractivity (Wildman–Crippen MR) is 112 cm³/mol. The van der Waals surface area contributed by atoms with Gasteiger partial charge in [-0.3, -0.25) is 0 Å². The van der Waals surface area contributed by atoms with E-state index in [1.54, 1.807) is 12.1 Å². The molecule has 0 N–H and O–H groups in total. The number of allylic oxidation sites excluding steroid dienone is 1. The molecule has 134 valence electrons. The maximum absolute atomic E-state index is 9.51. The highest BCUT2D eigenvalue weighted by Gasteiger charge is 2.04. The van der Waals surface area contributed by atoms with Gasteiger partial charge in [0.2, 0.25) is 0 Å². The third-order valence-corrected chi connectivity index (χ3v) is 4.65. The highest BCUT2D eigenvalue weighted by Crippen LogP contribution is 2.24. The van der Waals surface area contributed by atoms with Crippen molar-refractivity contribution in [1.82, 2.24) is 0 Å². The number of halogens is 2. The molecule has 0 saturated carbocycles. The number of nitriles is 1. The third kappa shape index (κ3) is 5.14. The predicted octanol–water partition coefficient (Wildman–Crippen LogP) is 6.95. The van der Waals surface area contributed by atoms with E-state index in [1.807, 2.05) is 67.6 Å². The second-order valence-corrected chi connectivity index (χ2v) is 6.98. The first-order valence-electron chi connectivity index (χ1n) is 8.41. The monoisotopic (exact) mass is 393 g/mol. The molecule has 0 fully saturated rings. The molecule has 0 atom stereocenters. The van der Waals surface area contributed by atoms with Gasteiger partial charge in [-0.15, -0.1) is 0 Å². The molecule has 0 saturated heterocycles. The van der Waals surface area contributed by atoms with Crippen LogP contribution in [0.5, 0.6) is 5.75 Å². The average Bonchev–Trinajstić information content (AvgIpc) is 2.66. The fraction of sp³-hybridized carbons (Fsp3) is 0.0870. The molecule has 0 aliphatic rings. The largest absolute Gasteiger partial charge is 0.489 e. The Kier molecular flexibility index (Phi) is 6.19. The van der Waals surface area contributed by atoms with E-state index in [4.69, 9.17) is 27.9 Å². The van der Waals surface area contributed by atoms with Crippen LogP contribution in [0.1, 0.15) is 22.3 Å². The SMILES string of the molecule is Cc1ccc(/C(C#N)=C/c2cccc(OCc3ccc(Cl)cc3Cl)c2)cc1. The highest BCUT2D eigenvalue weighted by molar-refractivity contribution is 6.35. The highest BCUT2D eigenvalue weighted by atomic mass is 35.5. The van der Waals surface area contributed by atoms with Crippen LogP contribution in [-0.2, 0) is 6.61 Å². The van der Waals surface area contributed by atoms with Crippen LogP contribution in [0.2, 0.25) is 10.0 Å². The van der Waals surface area contributed by atoms with Crippen LogP contribution in [-0.4, -0.2) is 0 Å². The third-order valence-electron chi connectivity index (χ3n) is 4.06. The second kappa shape index (κ2) is 8.77. The lowest BCUT2D eigenvalue weighted by molar-refractivity contribution is 0.306. The summed E-state index contributed by atoms with van der Waals surface area (Å²) in [4.78, 5) is 0. The van der Waals surface area contributed by atoms with Gasteiger partial charge in [0.1, 0.15) is 12.4 Å². The summed E-state index contributed by atoms with van der Waals surface area (Å²) in [6.07, 6.45) is 1.85. The summed E-state index contributed by atoms with van der Waals surface area (Å²) in [5.74, 6) is 0.705. The van der Waals surface area contributed by atoms with E-state index < -0.39 is 0 Å². The summed E-state index contributed by atoms with van der Waals surface area (Å²) < 4.78 is 5.85. The van der Waals surface area contributed by atoms with Crippen LogP contribution in [0, 0.1) is 18.3 Å². The number of benzene rings is 3. The van der Waals surface area contributed by atoms with Gasteiger partial charge in [0.15, 0.2) is 0 Å².